The van der Waals surface area contributed by atoms with Gasteiger partial charge in [-0.3, -0.25) is 9.59 Å². The van der Waals surface area contributed by atoms with Crippen molar-refractivity contribution in [3.8, 4) is 11.3 Å². The Morgan fingerprint density at radius 3 is 2.36 bits per heavy atom. The standard InChI is InChI=1S/C22H23N3O3/c1-14-7-9-17(10-8-14)20-13-23-22(28-20)12-11-21(27)25-19-6-4-5-18(15(19)2)24-16(3)26/h4-10,13H,11-12H2,1-3H3,(H,24,26)(H,25,27). The van der Waals surface area contributed by atoms with Gasteiger partial charge in [-0.25, -0.2) is 4.98 Å². The molecule has 0 unspecified atom stereocenters. The van der Waals surface area contributed by atoms with Crippen molar-refractivity contribution in [3.63, 3.8) is 0 Å². The van der Waals surface area contributed by atoms with Crippen molar-refractivity contribution in [1.29, 1.82) is 0 Å². The summed E-state index contributed by atoms with van der Waals surface area (Å²) >= 11 is 0. The highest BCUT2D eigenvalue weighted by Crippen LogP contribution is 2.24. The number of nitrogens with zero attached hydrogens (tertiary/aromatic N) is 1. The predicted octanol–water partition coefficient (Wildman–Crippen LogP) is 4.49. The number of amides is 2. The summed E-state index contributed by atoms with van der Waals surface area (Å²) in [5, 5.41) is 5.63. The second-order valence-electron chi connectivity index (χ2n) is 6.69. The molecule has 0 saturated heterocycles. The lowest BCUT2D eigenvalue weighted by Crippen LogP contribution is -2.14. The van der Waals surface area contributed by atoms with Gasteiger partial charge < -0.3 is 15.1 Å². The molecule has 3 rings (SSSR count). The molecule has 0 radical (unpaired) electrons. The third-order valence-corrected chi connectivity index (χ3v) is 4.37. The zero-order valence-electron chi connectivity index (χ0n) is 16.2. The number of rotatable bonds is 6. The maximum atomic E-state index is 12.3. The summed E-state index contributed by atoms with van der Waals surface area (Å²) in [5.74, 6) is 0.918. The predicted molar refractivity (Wildman–Crippen MR) is 109 cm³/mol. The number of carbonyl (C=O) groups excluding carboxylic acids is 2. The Kier molecular flexibility index (Phi) is 5.89. The van der Waals surface area contributed by atoms with Gasteiger partial charge in [-0.2, -0.15) is 0 Å². The molecule has 6 heteroatoms. The zero-order valence-corrected chi connectivity index (χ0v) is 16.2. The molecule has 1 aromatic heterocycles. The van der Waals surface area contributed by atoms with E-state index < -0.39 is 0 Å². The highest BCUT2D eigenvalue weighted by Gasteiger charge is 2.11. The van der Waals surface area contributed by atoms with Crippen LogP contribution in [0, 0.1) is 13.8 Å². The van der Waals surface area contributed by atoms with Crippen molar-refractivity contribution in [2.75, 3.05) is 10.6 Å². The van der Waals surface area contributed by atoms with Crippen molar-refractivity contribution >= 4 is 23.2 Å². The molecule has 0 spiro atoms. The van der Waals surface area contributed by atoms with Crippen molar-refractivity contribution < 1.29 is 14.0 Å². The second-order valence-corrected chi connectivity index (χ2v) is 6.69. The first-order valence-electron chi connectivity index (χ1n) is 9.11. The summed E-state index contributed by atoms with van der Waals surface area (Å²) in [6, 6.07) is 13.4. The number of benzene rings is 2. The number of hydrogen-bond acceptors (Lipinski definition) is 4. The van der Waals surface area contributed by atoms with Gasteiger partial charge in [0.15, 0.2) is 11.7 Å². The van der Waals surface area contributed by atoms with E-state index >= 15 is 0 Å². The summed E-state index contributed by atoms with van der Waals surface area (Å²) in [7, 11) is 0. The van der Waals surface area contributed by atoms with Crippen LogP contribution in [-0.4, -0.2) is 16.8 Å². The Morgan fingerprint density at radius 2 is 1.68 bits per heavy atom. The number of aryl methyl sites for hydroxylation is 2. The second kappa shape index (κ2) is 8.52. The maximum absolute atomic E-state index is 12.3. The molecule has 0 aliphatic rings. The topological polar surface area (TPSA) is 84.2 Å². The fourth-order valence-corrected chi connectivity index (χ4v) is 2.81. The molecule has 0 fully saturated rings. The average molecular weight is 377 g/mol. The summed E-state index contributed by atoms with van der Waals surface area (Å²) in [6.45, 7) is 5.33. The van der Waals surface area contributed by atoms with E-state index in [1.807, 2.05) is 38.1 Å². The minimum atomic E-state index is -0.153. The Hall–Kier alpha value is -3.41. The van der Waals surface area contributed by atoms with E-state index in [0.29, 0.717) is 29.4 Å². The molecular weight excluding hydrogens is 354 g/mol. The molecule has 0 bridgehead atoms. The summed E-state index contributed by atoms with van der Waals surface area (Å²) < 4.78 is 5.76. The largest absolute Gasteiger partial charge is 0.441 e. The van der Waals surface area contributed by atoms with E-state index in [2.05, 4.69) is 15.6 Å². The number of nitrogens with one attached hydrogen (secondary N) is 2. The minimum absolute atomic E-state index is 0.141. The van der Waals surface area contributed by atoms with Crippen LogP contribution in [0.15, 0.2) is 53.1 Å². The van der Waals surface area contributed by atoms with Gasteiger partial charge in [-0.1, -0.05) is 35.9 Å². The van der Waals surface area contributed by atoms with Crippen LogP contribution in [0.4, 0.5) is 11.4 Å². The summed E-state index contributed by atoms with van der Waals surface area (Å²) in [6.07, 6.45) is 2.33. The van der Waals surface area contributed by atoms with Gasteiger partial charge in [0, 0.05) is 36.7 Å². The summed E-state index contributed by atoms with van der Waals surface area (Å²) in [4.78, 5) is 27.8. The van der Waals surface area contributed by atoms with Crippen LogP contribution in [0.3, 0.4) is 0 Å². The number of hydrogen-bond donors (Lipinski definition) is 2. The van der Waals surface area contributed by atoms with Crippen molar-refractivity contribution in [1.82, 2.24) is 4.98 Å². The van der Waals surface area contributed by atoms with E-state index in [1.54, 1.807) is 24.4 Å². The highest BCUT2D eigenvalue weighted by atomic mass is 16.4. The van der Waals surface area contributed by atoms with Crippen molar-refractivity contribution in [2.45, 2.75) is 33.6 Å². The fraction of sp³-hybridized carbons (Fsp3) is 0.227. The summed E-state index contributed by atoms with van der Waals surface area (Å²) in [5.41, 5.74) is 4.30. The Balaban J connectivity index is 1.59. The van der Waals surface area contributed by atoms with E-state index in [9.17, 15) is 9.59 Å². The highest BCUT2D eigenvalue weighted by molar-refractivity contribution is 5.95. The molecule has 1 heterocycles. The molecule has 3 aromatic rings. The van der Waals surface area contributed by atoms with Gasteiger partial charge in [0.2, 0.25) is 11.8 Å². The first-order chi connectivity index (χ1) is 13.4. The van der Waals surface area contributed by atoms with Crippen LogP contribution >= 0.6 is 0 Å². The van der Waals surface area contributed by atoms with E-state index in [0.717, 1.165) is 11.1 Å². The van der Waals surface area contributed by atoms with Gasteiger partial charge in [0.1, 0.15) is 0 Å². The monoisotopic (exact) mass is 377 g/mol. The normalized spacial score (nSPS) is 10.5. The first kappa shape index (κ1) is 19.4. The number of anilines is 2. The molecule has 2 N–H and O–H groups in total. The third-order valence-electron chi connectivity index (χ3n) is 4.37. The smallest absolute Gasteiger partial charge is 0.224 e. The van der Waals surface area contributed by atoms with Crippen LogP contribution in [0.2, 0.25) is 0 Å². The molecule has 28 heavy (non-hydrogen) atoms. The van der Waals surface area contributed by atoms with Gasteiger partial charge >= 0.3 is 0 Å². The lowest BCUT2D eigenvalue weighted by molar-refractivity contribution is -0.116. The van der Waals surface area contributed by atoms with Gasteiger partial charge in [0.25, 0.3) is 0 Å². The van der Waals surface area contributed by atoms with E-state index in [4.69, 9.17) is 4.42 Å². The van der Waals surface area contributed by atoms with Crippen LogP contribution in [-0.2, 0) is 16.0 Å². The fourth-order valence-electron chi connectivity index (χ4n) is 2.81. The lowest BCUT2D eigenvalue weighted by Gasteiger charge is -2.12. The van der Waals surface area contributed by atoms with Crippen LogP contribution < -0.4 is 10.6 Å². The van der Waals surface area contributed by atoms with E-state index in [1.165, 1.54) is 12.5 Å². The van der Waals surface area contributed by atoms with Crippen molar-refractivity contribution in [2.24, 2.45) is 0 Å². The van der Waals surface area contributed by atoms with E-state index in [-0.39, 0.29) is 18.2 Å². The zero-order chi connectivity index (χ0) is 20.1. The molecule has 0 aliphatic heterocycles. The van der Waals surface area contributed by atoms with Crippen molar-refractivity contribution in [3.05, 3.63) is 65.7 Å². The number of aromatic nitrogens is 1. The van der Waals surface area contributed by atoms with Gasteiger partial charge in [0.05, 0.1) is 6.20 Å². The molecule has 0 saturated carbocycles. The average Bonchev–Trinajstić information content (AvgIpc) is 3.13. The SMILES string of the molecule is CC(=O)Nc1cccc(NC(=O)CCc2ncc(-c3ccc(C)cc3)o2)c1C. The maximum Gasteiger partial charge on any atom is 0.224 e. The minimum Gasteiger partial charge on any atom is -0.441 e. The molecule has 2 amide bonds. The van der Waals surface area contributed by atoms with Crippen LogP contribution in [0.5, 0.6) is 0 Å². The first-order valence-corrected chi connectivity index (χ1v) is 9.11. The van der Waals surface area contributed by atoms with Gasteiger partial charge in [-0.05, 0) is 31.5 Å². The lowest BCUT2D eigenvalue weighted by atomic mass is 10.1. The molecule has 6 nitrogen and oxygen atoms in total. The molecule has 0 aliphatic carbocycles. The quantitative estimate of drug-likeness (QED) is 0.663. The van der Waals surface area contributed by atoms with Crippen LogP contribution in [0.1, 0.15) is 30.4 Å². The molecule has 0 atom stereocenters. The van der Waals surface area contributed by atoms with Crippen LogP contribution in [0.25, 0.3) is 11.3 Å². The molecular formula is C22H23N3O3. The molecule has 144 valence electrons. The molecule has 2 aromatic carbocycles. The third kappa shape index (κ3) is 4.85. The number of carbonyl (C=O) groups is 2. The Bertz CT molecular complexity index is 991. The van der Waals surface area contributed by atoms with Gasteiger partial charge in [-0.15, -0.1) is 0 Å². The Labute approximate surface area is 164 Å². The number of oxazole rings is 1. The Morgan fingerprint density at radius 1 is 1.00 bits per heavy atom.